The Morgan fingerprint density at radius 1 is 0.406 bits per heavy atom. The van der Waals surface area contributed by atoms with E-state index in [4.69, 9.17) is 9.47 Å². The van der Waals surface area contributed by atoms with Crippen LogP contribution in [0, 0.1) is 6.92 Å². The maximum absolute atomic E-state index is 15.2. The van der Waals surface area contributed by atoms with E-state index in [1.165, 1.54) is 6.07 Å². The molecule has 0 saturated heterocycles. The number of halogens is 3. The Kier molecular flexibility index (Phi) is 8.32. The zero-order valence-electron chi connectivity index (χ0n) is 33.8. The van der Waals surface area contributed by atoms with Crippen molar-refractivity contribution in [3.05, 3.63) is 188 Å². The number of hydrogen-bond acceptors (Lipinski definition) is 6. The van der Waals surface area contributed by atoms with Crippen molar-refractivity contribution >= 4 is 65.4 Å². The zero-order valence-corrected chi connectivity index (χ0v) is 33.8. The van der Waals surface area contributed by atoms with Gasteiger partial charge in [-0.2, -0.15) is 13.2 Å². The number of rotatable bonds is 7. The number of alkyl halides is 3. The van der Waals surface area contributed by atoms with Crippen LogP contribution in [0.1, 0.15) is 11.1 Å². The quantitative estimate of drug-likeness (QED) is 0.159. The van der Waals surface area contributed by atoms with E-state index in [0.717, 1.165) is 61.1 Å². The summed E-state index contributed by atoms with van der Waals surface area (Å²) < 4.78 is 64.5. The van der Waals surface area contributed by atoms with Gasteiger partial charge in [-0.1, -0.05) is 48.5 Å². The van der Waals surface area contributed by atoms with Crippen LogP contribution in [0.2, 0.25) is 0 Å². The third kappa shape index (κ3) is 5.94. The van der Waals surface area contributed by atoms with E-state index >= 15 is 13.2 Å². The Bertz CT molecular complexity index is 3790. The Labute approximate surface area is 361 Å². The van der Waals surface area contributed by atoms with Gasteiger partial charge in [-0.3, -0.25) is 13.7 Å². The molecule has 9 nitrogen and oxygen atoms in total. The first kappa shape index (κ1) is 37.3. The largest absolute Gasteiger partial charge is 0.457 e. The topological polar surface area (TPSA) is 84.8 Å². The number of fused-ring (bicyclic) bond motifs is 9. The molecule has 0 bridgehead atoms. The average molecular weight is 844 g/mol. The molecule has 12 rings (SSSR count). The molecule has 0 aliphatic rings. The second kappa shape index (κ2) is 14.3. The van der Waals surface area contributed by atoms with Gasteiger partial charge in [-0.15, -0.1) is 0 Å². The Morgan fingerprint density at radius 2 is 0.875 bits per heavy atom. The summed E-state index contributed by atoms with van der Waals surface area (Å²) in [6.45, 7) is 1.88. The highest BCUT2D eigenvalue weighted by molar-refractivity contribution is 6.12. The van der Waals surface area contributed by atoms with Crippen molar-refractivity contribution in [3.8, 4) is 40.6 Å². The number of aryl methyl sites for hydroxylation is 1. The van der Waals surface area contributed by atoms with Gasteiger partial charge >= 0.3 is 6.18 Å². The van der Waals surface area contributed by atoms with Crippen molar-refractivity contribution in [3.63, 3.8) is 0 Å². The standard InChI is InChI=1S/C52H32F3N7O2/c1-31-25-38-39-28-40(52(53,54)55)48(64-33-18-20-37-35-12-3-5-14-42(35)61(44(37)27-33)50-16-7-9-22-57-50)30-46(39)62(51-58-23-10-24-59-51)45(38)29-47(31)63-32-17-19-36-34-11-2-4-13-41(34)60(43(36)26-32)49-15-6-8-21-56-49/h2-30H,1H3. The van der Waals surface area contributed by atoms with Crippen LogP contribution in [0.25, 0.3) is 83.0 Å². The molecule has 0 atom stereocenters. The first-order valence-corrected chi connectivity index (χ1v) is 20.5. The van der Waals surface area contributed by atoms with Crippen LogP contribution in [0.3, 0.4) is 0 Å². The van der Waals surface area contributed by atoms with E-state index < -0.39 is 11.7 Å². The lowest BCUT2D eigenvalue weighted by atomic mass is 10.1. The van der Waals surface area contributed by atoms with E-state index in [9.17, 15) is 0 Å². The third-order valence-electron chi connectivity index (χ3n) is 11.7. The van der Waals surface area contributed by atoms with E-state index in [1.807, 2.05) is 121 Å². The summed E-state index contributed by atoms with van der Waals surface area (Å²) in [5.74, 6) is 2.64. The Morgan fingerprint density at radius 3 is 1.42 bits per heavy atom. The molecule has 12 heteroatoms. The minimum absolute atomic E-state index is 0.224. The van der Waals surface area contributed by atoms with Gasteiger partial charge < -0.3 is 9.47 Å². The molecule has 64 heavy (non-hydrogen) atoms. The van der Waals surface area contributed by atoms with Crippen molar-refractivity contribution in [1.82, 2.24) is 33.6 Å². The molecule has 308 valence electrons. The zero-order chi connectivity index (χ0) is 43.1. The highest BCUT2D eigenvalue weighted by Crippen LogP contribution is 2.46. The number of para-hydroxylation sites is 2. The number of benzene rings is 6. The number of nitrogens with zero attached hydrogens (tertiary/aromatic N) is 7. The fourth-order valence-corrected chi connectivity index (χ4v) is 8.96. The normalized spacial score (nSPS) is 12.1. The van der Waals surface area contributed by atoms with Gasteiger partial charge in [0.1, 0.15) is 34.6 Å². The number of aromatic nitrogens is 7. The van der Waals surface area contributed by atoms with Gasteiger partial charge in [0.15, 0.2) is 0 Å². The second-order valence-corrected chi connectivity index (χ2v) is 15.5. The summed E-state index contributed by atoms with van der Waals surface area (Å²) >= 11 is 0. The molecule has 0 spiro atoms. The van der Waals surface area contributed by atoms with Crippen molar-refractivity contribution < 1.29 is 22.6 Å². The number of hydrogen-bond donors (Lipinski definition) is 0. The molecular weight excluding hydrogens is 812 g/mol. The number of pyridine rings is 2. The molecule has 0 saturated carbocycles. The van der Waals surface area contributed by atoms with Gasteiger partial charge in [-0.25, -0.2) is 19.9 Å². The predicted octanol–water partition coefficient (Wildman–Crippen LogP) is 13.5. The first-order valence-electron chi connectivity index (χ1n) is 20.5. The van der Waals surface area contributed by atoms with Crippen LogP contribution in [0.4, 0.5) is 13.2 Å². The SMILES string of the molecule is Cc1cc2c3cc(C(F)(F)F)c(Oc4ccc5c6ccccc6n(-c6ccccn6)c5c4)cc3n(-c3ncccn3)c2cc1Oc1ccc2c3ccccc3n(-c3ccccn3)c2c1. The van der Waals surface area contributed by atoms with Crippen molar-refractivity contribution in [2.75, 3.05) is 0 Å². The van der Waals surface area contributed by atoms with Crippen molar-refractivity contribution in [2.24, 2.45) is 0 Å². The lowest BCUT2D eigenvalue weighted by molar-refractivity contribution is -0.138. The summed E-state index contributed by atoms with van der Waals surface area (Å²) in [6, 6.07) is 46.7. The van der Waals surface area contributed by atoms with Gasteiger partial charge in [-0.05, 0) is 91.3 Å². The fraction of sp³-hybridized carbons (Fsp3) is 0.0385. The maximum atomic E-state index is 15.2. The molecule has 6 heterocycles. The fourth-order valence-electron chi connectivity index (χ4n) is 8.96. The summed E-state index contributed by atoms with van der Waals surface area (Å²) in [5.41, 5.74) is 4.33. The van der Waals surface area contributed by atoms with Gasteiger partial charge in [0.2, 0.25) is 5.95 Å². The maximum Gasteiger partial charge on any atom is 0.420 e. The minimum atomic E-state index is -4.76. The molecule has 0 aliphatic heterocycles. The highest BCUT2D eigenvalue weighted by atomic mass is 19.4. The molecule has 6 aromatic carbocycles. The van der Waals surface area contributed by atoms with Crippen molar-refractivity contribution in [2.45, 2.75) is 13.1 Å². The molecule has 0 unspecified atom stereocenters. The van der Waals surface area contributed by atoms with E-state index in [2.05, 4.69) is 36.6 Å². The molecule has 0 amide bonds. The second-order valence-electron chi connectivity index (χ2n) is 15.5. The average Bonchev–Trinajstić information content (AvgIpc) is 3.93. The summed E-state index contributed by atoms with van der Waals surface area (Å²) in [7, 11) is 0. The molecule has 0 radical (unpaired) electrons. The highest BCUT2D eigenvalue weighted by Gasteiger charge is 2.36. The monoisotopic (exact) mass is 843 g/mol. The summed E-state index contributed by atoms with van der Waals surface area (Å²) in [5, 5.41) is 4.92. The van der Waals surface area contributed by atoms with E-state index in [1.54, 1.807) is 47.6 Å². The Hall–Kier alpha value is -8.51. The van der Waals surface area contributed by atoms with Gasteiger partial charge in [0.25, 0.3) is 0 Å². The van der Waals surface area contributed by atoms with Gasteiger partial charge in [0, 0.05) is 81.4 Å². The van der Waals surface area contributed by atoms with E-state index in [0.29, 0.717) is 39.1 Å². The number of ether oxygens (including phenoxy) is 2. The lowest BCUT2D eigenvalue weighted by Crippen LogP contribution is -2.08. The molecule has 6 aromatic heterocycles. The summed E-state index contributed by atoms with van der Waals surface area (Å²) in [6.07, 6.45) is 1.90. The Balaban J connectivity index is 1.02. The third-order valence-corrected chi connectivity index (χ3v) is 11.7. The lowest BCUT2D eigenvalue weighted by Gasteiger charge is -2.15. The van der Waals surface area contributed by atoms with Crippen LogP contribution >= 0.6 is 0 Å². The molecule has 0 fully saturated rings. The molecule has 0 N–H and O–H groups in total. The van der Waals surface area contributed by atoms with Crippen LogP contribution in [-0.4, -0.2) is 33.6 Å². The molecule has 12 aromatic rings. The van der Waals surface area contributed by atoms with Crippen LogP contribution in [-0.2, 0) is 6.18 Å². The van der Waals surface area contributed by atoms with Crippen LogP contribution in [0.5, 0.6) is 23.0 Å². The summed E-state index contributed by atoms with van der Waals surface area (Å²) in [4.78, 5) is 18.4. The molecular formula is C52H32F3N7O2. The van der Waals surface area contributed by atoms with E-state index in [-0.39, 0.29) is 17.4 Å². The van der Waals surface area contributed by atoms with Crippen molar-refractivity contribution in [1.29, 1.82) is 0 Å². The first-order chi connectivity index (χ1) is 31.3. The van der Waals surface area contributed by atoms with Crippen LogP contribution in [0.15, 0.2) is 176 Å². The minimum Gasteiger partial charge on any atom is -0.457 e. The smallest absolute Gasteiger partial charge is 0.420 e. The van der Waals surface area contributed by atoms with Crippen LogP contribution < -0.4 is 9.47 Å². The molecule has 0 aliphatic carbocycles. The van der Waals surface area contributed by atoms with Gasteiger partial charge in [0.05, 0.1) is 38.7 Å². The predicted molar refractivity (Wildman–Crippen MR) is 243 cm³/mol.